The molecule has 0 saturated heterocycles. The molecule has 100 valence electrons. The van der Waals surface area contributed by atoms with E-state index in [2.05, 4.69) is 4.90 Å². The number of anilines is 1. The van der Waals surface area contributed by atoms with E-state index < -0.39 is 0 Å². The summed E-state index contributed by atoms with van der Waals surface area (Å²) >= 11 is 13.6. The lowest BCUT2D eigenvalue weighted by Gasteiger charge is -2.19. The third kappa shape index (κ3) is 3.50. The maximum atomic E-state index is 11.3. The zero-order chi connectivity index (χ0) is 14.0. The summed E-state index contributed by atoms with van der Waals surface area (Å²) in [4.78, 5) is 14.6. The Labute approximate surface area is 126 Å². The van der Waals surface area contributed by atoms with Gasteiger partial charge in [-0.15, -0.1) is 11.3 Å². The zero-order valence-electron chi connectivity index (χ0n) is 10.6. The van der Waals surface area contributed by atoms with Crippen LogP contribution in [0, 0.1) is 0 Å². The van der Waals surface area contributed by atoms with Gasteiger partial charge in [0.1, 0.15) is 0 Å². The summed E-state index contributed by atoms with van der Waals surface area (Å²) in [5.74, 6) is -0.0239. The standard InChI is InChI=1S/C14H13Cl2NOS/c1-9(18)12-5-3-10(7-13(12)15)17(2)8-11-4-6-14(16)19-11/h3-7H,8H2,1-2H3. The minimum Gasteiger partial charge on any atom is -0.369 e. The molecular weight excluding hydrogens is 301 g/mol. The summed E-state index contributed by atoms with van der Waals surface area (Å²) in [6.07, 6.45) is 0. The van der Waals surface area contributed by atoms with Crippen molar-refractivity contribution in [3.8, 4) is 0 Å². The van der Waals surface area contributed by atoms with Crippen LogP contribution in [-0.2, 0) is 6.54 Å². The van der Waals surface area contributed by atoms with Crippen LogP contribution in [0.5, 0.6) is 0 Å². The van der Waals surface area contributed by atoms with Gasteiger partial charge in [0.15, 0.2) is 5.78 Å². The fourth-order valence-electron chi connectivity index (χ4n) is 1.79. The molecule has 1 aromatic heterocycles. The number of carbonyl (C=O) groups is 1. The van der Waals surface area contributed by atoms with Crippen LogP contribution in [0.2, 0.25) is 9.36 Å². The number of halogens is 2. The number of carbonyl (C=O) groups excluding carboxylic acids is 1. The lowest BCUT2D eigenvalue weighted by Crippen LogP contribution is -2.15. The van der Waals surface area contributed by atoms with E-state index in [0.717, 1.165) is 16.6 Å². The van der Waals surface area contributed by atoms with Gasteiger partial charge in [0, 0.05) is 23.2 Å². The molecule has 0 aliphatic rings. The van der Waals surface area contributed by atoms with Crippen LogP contribution >= 0.6 is 34.5 Å². The first kappa shape index (κ1) is 14.4. The number of benzene rings is 1. The molecule has 0 aliphatic carbocycles. The average Bonchev–Trinajstić information content (AvgIpc) is 2.74. The van der Waals surface area contributed by atoms with Crippen molar-refractivity contribution >= 4 is 46.0 Å². The van der Waals surface area contributed by atoms with E-state index in [9.17, 15) is 4.79 Å². The number of hydrogen-bond acceptors (Lipinski definition) is 3. The molecule has 0 atom stereocenters. The minimum atomic E-state index is -0.0239. The monoisotopic (exact) mass is 313 g/mol. The topological polar surface area (TPSA) is 20.3 Å². The van der Waals surface area contributed by atoms with E-state index in [-0.39, 0.29) is 5.78 Å². The van der Waals surface area contributed by atoms with Crippen molar-refractivity contribution in [2.24, 2.45) is 0 Å². The Morgan fingerprint density at radius 2 is 2.00 bits per heavy atom. The summed E-state index contributed by atoms with van der Waals surface area (Å²) in [5, 5.41) is 0.487. The Morgan fingerprint density at radius 3 is 2.53 bits per heavy atom. The first-order valence-corrected chi connectivity index (χ1v) is 7.30. The van der Waals surface area contributed by atoms with E-state index in [1.54, 1.807) is 17.4 Å². The first-order chi connectivity index (χ1) is 8.97. The molecule has 0 amide bonds. The summed E-state index contributed by atoms with van der Waals surface area (Å²) in [7, 11) is 1.98. The fraction of sp³-hybridized carbons (Fsp3) is 0.214. The van der Waals surface area contributed by atoms with Gasteiger partial charge in [-0.2, -0.15) is 0 Å². The van der Waals surface area contributed by atoms with E-state index >= 15 is 0 Å². The summed E-state index contributed by atoms with van der Waals surface area (Å²) < 4.78 is 0.786. The third-order valence-corrected chi connectivity index (χ3v) is 4.32. The second-order valence-corrected chi connectivity index (χ2v) is 6.49. The Balaban J connectivity index is 2.17. The highest BCUT2D eigenvalue weighted by Gasteiger charge is 2.09. The van der Waals surface area contributed by atoms with Crippen LogP contribution in [0.3, 0.4) is 0 Å². The van der Waals surface area contributed by atoms with Crippen molar-refractivity contribution in [3.05, 3.63) is 50.1 Å². The predicted molar refractivity (Wildman–Crippen MR) is 82.9 cm³/mol. The lowest BCUT2D eigenvalue weighted by atomic mass is 10.1. The van der Waals surface area contributed by atoms with Gasteiger partial charge in [-0.3, -0.25) is 4.79 Å². The molecule has 0 bridgehead atoms. The fourth-order valence-corrected chi connectivity index (χ4v) is 3.24. The predicted octanol–water partition coefficient (Wildman–Crippen LogP) is 4.89. The molecule has 19 heavy (non-hydrogen) atoms. The summed E-state index contributed by atoms with van der Waals surface area (Å²) in [6, 6.07) is 9.37. The largest absolute Gasteiger partial charge is 0.369 e. The quantitative estimate of drug-likeness (QED) is 0.749. The number of hydrogen-bond donors (Lipinski definition) is 0. The molecule has 0 saturated carbocycles. The highest BCUT2D eigenvalue weighted by molar-refractivity contribution is 7.16. The Kier molecular flexibility index (Phi) is 4.50. The maximum Gasteiger partial charge on any atom is 0.161 e. The van der Waals surface area contributed by atoms with Gasteiger partial charge in [0.05, 0.1) is 15.9 Å². The highest BCUT2D eigenvalue weighted by Crippen LogP contribution is 2.27. The smallest absolute Gasteiger partial charge is 0.161 e. The minimum absolute atomic E-state index is 0.0239. The number of thiophene rings is 1. The zero-order valence-corrected chi connectivity index (χ0v) is 12.9. The van der Waals surface area contributed by atoms with Gasteiger partial charge in [-0.1, -0.05) is 23.2 Å². The van der Waals surface area contributed by atoms with E-state index in [4.69, 9.17) is 23.2 Å². The van der Waals surface area contributed by atoms with Crippen molar-refractivity contribution in [2.75, 3.05) is 11.9 Å². The van der Waals surface area contributed by atoms with Crippen molar-refractivity contribution < 1.29 is 4.79 Å². The molecule has 0 N–H and O–H groups in total. The molecule has 0 unspecified atom stereocenters. The van der Waals surface area contributed by atoms with Crippen LogP contribution in [0.4, 0.5) is 5.69 Å². The molecule has 2 rings (SSSR count). The highest BCUT2D eigenvalue weighted by atomic mass is 35.5. The SMILES string of the molecule is CC(=O)c1ccc(N(C)Cc2ccc(Cl)s2)cc1Cl. The molecule has 2 nitrogen and oxygen atoms in total. The van der Waals surface area contributed by atoms with Gasteiger partial charge in [0.2, 0.25) is 0 Å². The van der Waals surface area contributed by atoms with Crippen LogP contribution in [0.25, 0.3) is 0 Å². The molecule has 0 radical (unpaired) electrons. The van der Waals surface area contributed by atoms with Gasteiger partial charge < -0.3 is 4.90 Å². The van der Waals surface area contributed by atoms with Gasteiger partial charge in [-0.05, 0) is 37.3 Å². The normalized spacial score (nSPS) is 10.5. The van der Waals surface area contributed by atoms with Crippen molar-refractivity contribution in [1.29, 1.82) is 0 Å². The molecule has 0 spiro atoms. The van der Waals surface area contributed by atoms with Crippen LogP contribution < -0.4 is 4.90 Å². The summed E-state index contributed by atoms with van der Waals surface area (Å²) in [6.45, 7) is 2.27. The molecule has 1 heterocycles. The Bertz CT molecular complexity index is 609. The second-order valence-electron chi connectivity index (χ2n) is 4.28. The van der Waals surface area contributed by atoms with Gasteiger partial charge in [-0.25, -0.2) is 0 Å². The molecular formula is C14H13Cl2NOS. The Hall–Kier alpha value is -1.03. The number of rotatable bonds is 4. The lowest BCUT2D eigenvalue weighted by molar-refractivity contribution is 0.101. The van der Waals surface area contributed by atoms with E-state index in [1.807, 2.05) is 31.3 Å². The number of ketones is 1. The van der Waals surface area contributed by atoms with Crippen molar-refractivity contribution in [2.45, 2.75) is 13.5 Å². The third-order valence-electron chi connectivity index (χ3n) is 2.79. The average molecular weight is 314 g/mol. The Morgan fingerprint density at radius 1 is 1.26 bits per heavy atom. The number of Topliss-reactive ketones (excluding diaryl/α,β-unsaturated/α-hetero) is 1. The van der Waals surface area contributed by atoms with E-state index in [0.29, 0.717) is 10.6 Å². The van der Waals surface area contributed by atoms with Crippen LogP contribution in [0.15, 0.2) is 30.3 Å². The van der Waals surface area contributed by atoms with Crippen LogP contribution in [-0.4, -0.2) is 12.8 Å². The second kappa shape index (κ2) is 5.95. The first-order valence-electron chi connectivity index (χ1n) is 5.73. The number of nitrogens with zero attached hydrogens (tertiary/aromatic N) is 1. The van der Waals surface area contributed by atoms with Gasteiger partial charge >= 0.3 is 0 Å². The van der Waals surface area contributed by atoms with Crippen molar-refractivity contribution in [1.82, 2.24) is 0 Å². The maximum absolute atomic E-state index is 11.3. The summed E-state index contributed by atoms with van der Waals surface area (Å²) in [5.41, 5.74) is 1.53. The van der Waals surface area contributed by atoms with Gasteiger partial charge in [0.25, 0.3) is 0 Å². The molecule has 0 fully saturated rings. The van der Waals surface area contributed by atoms with E-state index in [1.165, 1.54) is 11.8 Å². The molecule has 2 aromatic rings. The molecule has 0 aliphatic heterocycles. The molecule has 5 heteroatoms. The molecule has 1 aromatic carbocycles. The van der Waals surface area contributed by atoms with Crippen molar-refractivity contribution in [3.63, 3.8) is 0 Å². The van der Waals surface area contributed by atoms with Crippen LogP contribution in [0.1, 0.15) is 22.2 Å².